The lowest BCUT2D eigenvalue weighted by Crippen LogP contribution is -2.30. The van der Waals surface area contributed by atoms with E-state index in [0.717, 1.165) is 26.1 Å². The van der Waals surface area contributed by atoms with Crippen LogP contribution in [-0.4, -0.2) is 45.7 Å². The van der Waals surface area contributed by atoms with Crippen molar-refractivity contribution in [1.29, 1.82) is 0 Å². The zero-order chi connectivity index (χ0) is 20.8. The maximum absolute atomic E-state index is 13.7. The number of rotatable bonds is 8. The number of aromatic hydroxyl groups is 1. The van der Waals surface area contributed by atoms with E-state index < -0.39 is 11.6 Å². The summed E-state index contributed by atoms with van der Waals surface area (Å²) in [5.74, 6) is 0.846. The zero-order valence-corrected chi connectivity index (χ0v) is 17.1. The summed E-state index contributed by atoms with van der Waals surface area (Å²) in [6.07, 6.45) is 8.65. The Labute approximate surface area is 176 Å². The third-order valence-electron chi connectivity index (χ3n) is 5.78. The number of aromatic nitrogens is 3. The Bertz CT molecular complexity index is 838. The van der Waals surface area contributed by atoms with Gasteiger partial charge in [-0.15, -0.1) is 0 Å². The Morgan fingerprint density at radius 2 is 1.67 bits per heavy atom. The van der Waals surface area contributed by atoms with Crippen molar-refractivity contribution in [1.82, 2.24) is 20.3 Å². The highest BCUT2D eigenvalue weighted by molar-refractivity contribution is 5.57. The fourth-order valence-electron chi connectivity index (χ4n) is 4.08. The monoisotopic (exact) mass is 415 g/mol. The quantitative estimate of drug-likeness (QED) is 0.416. The van der Waals surface area contributed by atoms with Gasteiger partial charge in [-0.05, 0) is 50.3 Å². The predicted octanol–water partition coefficient (Wildman–Crippen LogP) is 3.62. The van der Waals surface area contributed by atoms with Crippen LogP contribution in [0.2, 0.25) is 0 Å². The van der Waals surface area contributed by atoms with Crippen molar-refractivity contribution in [2.75, 3.05) is 35.6 Å². The second-order valence-electron chi connectivity index (χ2n) is 8.16. The number of nitrogens with one attached hydrogen (secondary N) is 4. The normalized spacial score (nSPS) is 19.6. The van der Waals surface area contributed by atoms with Crippen LogP contribution in [0, 0.1) is 11.7 Å². The molecule has 1 saturated carbocycles. The highest BCUT2D eigenvalue weighted by atomic mass is 19.1. The van der Waals surface area contributed by atoms with E-state index in [-0.39, 0.29) is 0 Å². The lowest BCUT2D eigenvalue weighted by Gasteiger charge is -2.22. The van der Waals surface area contributed by atoms with E-state index in [0.29, 0.717) is 35.5 Å². The number of benzene rings is 1. The number of nitrogens with zero attached hydrogens (tertiary/aromatic N) is 3. The molecule has 2 fully saturated rings. The van der Waals surface area contributed by atoms with Gasteiger partial charge in [0.05, 0.1) is 0 Å². The maximum atomic E-state index is 13.7. The van der Waals surface area contributed by atoms with Crippen molar-refractivity contribution in [3.05, 3.63) is 24.0 Å². The average Bonchev–Trinajstić information content (AvgIpc) is 3.28. The number of phenolic OH excluding ortho intramolecular Hbond substituents is 1. The Kier molecular flexibility index (Phi) is 6.78. The second-order valence-corrected chi connectivity index (χ2v) is 8.16. The molecule has 30 heavy (non-hydrogen) atoms. The van der Waals surface area contributed by atoms with Crippen molar-refractivity contribution in [2.24, 2.45) is 5.92 Å². The van der Waals surface area contributed by atoms with Crippen molar-refractivity contribution < 1.29 is 9.50 Å². The number of hydrogen-bond acceptors (Lipinski definition) is 8. The highest BCUT2D eigenvalue weighted by Crippen LogP contribution is 2.25. The van der Waals surface area contributed by atoms with E-state index in [9.17, 15) is 9.50 Å². The van der Waals surface area contributed by atoms with E-state index in [1.54, 1.807) is 6.07 Å². The van der Waals surface area contributed by atoms with Gasteiger partial charge in [-0.1, -0.05) is 19.3 Å². The van der Waals surface area contributed by atoms with Crippen LogP contribution in [0.1, 0.15) is 44.9 Å². The lowest BCUT2D eigenvalue weighted by atomic mass is 9.89. The summed E-state index contributed by atoms with van der Waals surface area (Å²) < 4.78 is 13.7. The molecule has 1 aliphatic heterocycles. The van der Waals surface area contributed by atoms with Crippen molar-refractivity contribution >= 4 is 23.5 Å². The summed E-state index contributed by atoms with van der Waals surface area (Å²) in [4.78, 5) is 13.4. The average molecular weight is 416 g/mol. The molecule has 1 aliphatic carbocycles. The zero-order valence-electron chi connectivity index (χ0n) is 17.1. The maximum Gasteiger partial charge on any atom is 0.233 e. The number of phenols is 1. The Morgan fingerprint density at radius 1 is 0.933 bits per heavy atom. The molecule has 0 radical (unpaired) electrons. The van der Waals surface area contributed by atoms with E-state index in [4.69, 9.17) is 0 Å². The van der Waals surface area contributed by atoms with Gasteiger partial charge >= 0.3 is 0 Å². The first-order chi connectivity index (χ1) is 14.7. The molecular formula is C21H30FN7O. The van der Waals surface area contributed by atoms with Gasteiger partial charge in [0.25, 0.3) is 0 Å². The molecular weight excluding hydrogens is 385 g/mol. The van der Waals surface area contributed by atoms with Crippen molar-refractivity contribution in [2.45, 2.75) is 51.0 Å². The molecule has 1 unspecified atom stereocenters. The molecule has 2 aromatic rings. The van der Waals surface area contributed by atoms with Crippen LogP contribution in [-0.2, 0) is 0 Å². The minimum atomic E-state index is -0.699. The third kappa shape index (κ3) is 5.69. The molecule has 0 spiro atoms. The van der Waals surface area contributed by atoms with Gasteiger partial charge in [-0.25, -0.2) is 4.39 Å². The smallest absolute Gasteiger partial charge is 0.233 e. The van der Waals surface area contributed by atoms with Gasteiger partial charge in [0.1, 0.15) is 0 Å². The molecule has 0 amide bonds. The molecule has 2 heterocycles. The summed E-state index contributed by atoms with van der Waals surface area (Å²) in [7, 11) is 0. The number of hydrogen-bond donors (Lipinski definition) is 5. The van der Waals surface area contributed by atoms with Crippen molar-refractivity contribution in [3.63, 3.8) is 0 Å². The van der Waals surface area contributed by atoms with Gasteiger partial charge < -0.3 is 26.4 Å². The lowest BCUT2D eigenvalue weighted by molar-refractivity contribution is 0.373. The molecule has 8 nitrogen and oxygen atoms in total. The number of anilines is 4. The van der Waals surface area contributed by atoms with E-state index in [1.165, 1.54) is 50.7 Å². The molecule has 5 N–H and O–H groups in total. The van der Waals surface area contributed by atoms with Gasteiger partial charge in [-0.2, -0.15) is 15.0 Å². The molecule has 2 aliphatic rings. The molecule has 1 aromatic heterocycles. The first kappa shape index (κ1) is 20.6. The minimum Gasteiger partial charge on any atom is -0.505 e. The fraction of sp³-hybridized carbons (Fsp3) is 0.571. The SMILES string of the molecule is Oc1ccc(Nc2nc(NCC3CCCCC3)nc(NCC3CCCN3)n2)cc1F. The molecule has 162 valence electrons. The molecule has 9 heteroatoms. The van der Waals surface area contributed by atoms with E-state index >= 15 is 0 Å². The number of halogens is 1. The molecule has 1 atom stereocenters. The van der Waals surface area contributed by atoms with Crippen molar-refractivity contribution in [3.8, 4) is 5.75 Å². The Balaban J connectivity index is 1.47. The summed E-state index contributed by atoms with van der Waals surface area (Å²) in [5.41, 5.74) is 0.457. The van der Waals surface area contributed by atoms with Crippen LogP contribution in [0.4, 0.5) is 27.9 Å². The van der Waals surface area contributed by atoms with Gasteiger partial charge in [-0.3, -0.25) is 0 Å². The fourth-order valence-corrected chi connectivity index (χ4v) is 4.08. The first-order valence-electron chi connectivity index (χ1n) is 10.9. The first-order valence-corrected chi connectivity index (χ1v) is 10.9. The van der Waals surface area contributed by atoms with Crippen LogP contribution < -0.4 is 21.3 Å². The van der Waals surface area contributed by atoms with Crippen LogP contribution in [0.25, 0.3) is 0 Å². The van der Waals surface area contributed by atoms with Crippen LogP contribution in [0.3, 0.4) is 0 Å². The topological polar surface area (TPSA) is 107 Å². The Morgan fingerprint density at radius 3 is 2.37 bits per heavy atom. The molecule has 1 saturated heterocycles. The standard InChI is InChI=1S/C21H30FN7O/c22-17-11-15(8-9-18(17)30)26-21-28-19(24-12-14-5-2-1-3-6-14)27-20(29-21)25-13-16-7-4-10-23-16/h8-9,11,14,16,23,30H,1-7,10,12-13H2,(H3,24,25,26,27,28,29). The van der Waals surface area contributed by atoms with Crippen LogP contribution in [0.15, 0.2) is 18.2 Å². The Hall–Kier alpha value is -2.68. The highest BCUT2D eigenvalue weighted by Gasteiger charge is 2.17. The minimum absolute atomic E-state index is 0.322. The van der Waals surface area contributed by atoms with Gasteiger partial charge in [0, 0.05) is 30.9 Å². The summed E-state index contributed by atoms with van der Waals surface area (Å²) in [6.45, 7) is 2.61. The molecule has 1 aromatic carbocycles. The van der Waals surface area contributed by atoms with Crippen LogP contribution in [0.5, 0.6) is 5.75 Å². The third-order valence-corrected chi connectivity index (χ3v) is 5.78. The molecule has 4 rings (SSSR count). The summed E-state index contributed by atoms with van der Waals surface area (Å²) in [5, 5.41) is 22.5. The van der Waals surface area contributed by atoms with Crippen LogP contribution >= 0.6 is 0 Å². The van der Waals surface area contributed by atoms with Gasteiger partial charge in [0.2, 0.25) is 17.8 Å². The molecule has 0 bridgehead atoms. The van der Waals surface area contributed by atoms with E-state index in [2.05, 4.69) is 36.2 Å². The second kappa shape index (κ2) is 9.88. The van der Waals surface area contributed by atoms with Gasteiger partial charge in [0.15, 0.2) is 11.6 Å². The van der Waals surface area contributed by atoms with E-state index in [1.807, 2.05) is 0 Å². The predicted molar refractivity (Wildman–Crippen MR) is 116 cm³/mol. The summed E-state index contributed by atoms with van der Waals surface area (Å²) >= 11 is 0. The largest absolute Gasteiger partial charge is 0.505 e. The summed E-state index contributed by atoms with van der Waals surface area (Å²) in [6, 6.07) is 4.49.